The van der Waals surface area contributed by atoms with E-state index in [9.17, 15) is 0 Å². The third kappa shape index (κ3) is 7.84. The second-order valence-electron chi connectivity index (χ2n) is 4.95. The third-order valence-electron chi connectivity index (χ3n) is 3.10. The molecule has 0 aliphatic rings. The fourth-order valence-electron chi connectivity index (χ4n) is 1.99. The fourth-order valence-corrected chi connectivity index (χ4v) is 2.21. The van der Waals surface area contributed by atoms with Gasteiger partial charge in [0, 0.05) is 37.6 Å². The van der Waals surface area contributed by atoms with Crippen LogP contribution < -0.4 is 21.7 Å². The summed E-state index contributed by atoms with van der Waals surface area (Å²) in [4.78, 5) is 2.43. The summed E-state index contributed by atoms with van der Waals surface area (Å²) in [6.07, 6.45) is 1.16. The van der Waals surface area contributed by atoms with Crippen molar-refractivity contribution >= 4 is 28.7 Å². The fraction of sp³-hybridized carbons (Fsp3) is 0.533. The number of nitrogens with zero attached hydrogens (tertiary/aromatic N) is 1. The van der Waals surface area contributed by atoms with Crippen molar-refractivity contribution in [3.63, 3.8) is 0 Å². The number of hydrogen-bond acceptors (Lipinski definition) is 4. The van der Waals surface area contributed by atoms with Crippen LogP contribution in [-0.2, 0) is 0 Å². The van der Waals surface area contributed by atoms with E-state index in [-0.39, 0.29) is 0 Å². The van der Waals surface area contributed by atoms with E-state index in [1.165, 1.54) is 0 Å². The van der Waals surface area contributed by atoms with Gasteiger partial charge in [-0.3, -0.25) is 0 Å². The summed E-state index contributed by atoms with van der Waals surface area (Å²) in [6, 6.07) is 7.54. The Labute approximate surface area is 133 Å². The molecule has 0 saturated carbocycles. The molecular formula is C15H27N5S. The summed E-state index contributed by atoms with van der Waals surface area (Å²) in [5.74, 6) is 0. The highest BCUT2D eigenvalue weighted by molar-refractivity contribution is 7.80. The molecule has 0 atom stereocenters. The van der Waals surface area contributed by atoms with E-state index in [4.69, 9.17) is 18.0 Å². The Kier molecular flexibility index (Phi) is 8.73. The largest absolute Gasteiger partial charge is 0.399 e. The van der Waals surface area contributed by atoms with Crippen molar-refractivity contribution in [3.05, 3.63) is 24.3 Å². The van der Waals surface area contributed by atoms with Gasteiger partial charge >= 0.3 is 0 Å². The van der Waals surface area contributed by atoms with Gasteiger partial charge in [0.1, 0.15) is 0 Å². The molecule has 0 aliphatic heterocycles. The summed E-state index contributed by atoms with van der Waals surface area (Å²) < 4.78 is 0. The minimum atomic E-state index is 0.643. The molecule has 0 aliphatic carbocycles. The highest BCUT2D eigenvalue weighted by Gasteiger charge is 2.03. The van der Waals surface area contributed by atoms with Crippen LogP contribution in [0.1, 0.15) is 13.3 Å². The van der Waals surface area contributed by atoms with Gasteiger partial charge in [-0.05, 0) is 56.5 Å². The monoisotopic (exact) mass is 309 g/mol. The summed E-state index contributed by atoms with van der Waals surface area (Å²) >= 11 is 5.29. The quantitative estimate of drug-likeness (QED) is 0.409. The predicted molar refractivity (Wildman–Crippen MR) is 95.7 cm³/mol. The van der Waals surface area contributed by atoms with Gasteiger partial charge in [-0.1, -0.05) is 6.92 Å². The first-order valence-corrected chi connectivity index (χ1v) is 7.84. The molecule has 0 saturated heterocycles. The maximum absolute atomic E-state index is 5.65. The zero-order chi connectivity index (χ0) is 15.5. The Morgan fingerprint density at radius 2 is 1.81 bits per heavy atom. The van der Waals surface area contributed by atoms with Gasteiger partial charge in [0.2, 0.25) is 0 Å². The molecule has 1 rings (SSSR count). The van der Waals surface area contributed by atoms with Crippen LogP contribution >= 0.6 is 12.2 Å². The number of rotatable bonds is 9. The molecule has 5 N–H and O–H groups in total. The average molecular weight is 309 g/mol. The zero-order valence-corrected chi connectivity index (χ0v) is 13.8. The first-order chi connectivity index (χ1) is 10.2. The lowest BCUT2D eigenvalue weighted by atomic mass is 10.3. The van der Waals surface area contributed by atoms with Crippen LogP contribution in [0.3, 0.4) is 0 Å². The molecule has 0 fully saturated rings. The number of thiocarbonyl (C=S) groups is 1. The number of likely N-dealkylation sites (N-methyl/N-ethyl adjacent to an activating group) is 1. The smallest absolute Gasteiger partial charge is 0.170 e. The molecular weight excluding hydrogens is 282 g/mol. The van der Waals surface area contributed by atoms with E-state index in [1.54, 1.807) is 0 Å². The van der Waals surface area contributed by atoms with Gasteiger partial charge in [-0.15, -0.1) is 0 Å². The Balaban J connectivity index is 2.26. The Hall–Kier alpha value is -1.37. The highest BCUT2D eigenvalue weighted by Crippen LogP contribution is 2.09. The van der Waals surface area contributed by atoms with Gasteiger partial charge in [0.25, 0.3) is 0 Å². The predicted octanol–water partition coefficient (Wildman–Crippen LogP) is 1.49. The summed E-state index contributed by atoms with van der Waals surface area (Å²) in [5.41, 5.74) is 7.35. The van der Waals surface area contributed by atoms with Crippen molar-refractivity contribution < 1.29 is 0 Å². The minimum absolute atomic E-state index is 0.643. The van der Waals surface area contributed by atoms with E-state index < -0.39 is 0 Å². The van der Waals surface area contributed by atoms with Crippen LogP contribution in [0.2, 0.25) is 0 Å². The number of nitrogens with two attached hydrogens (primary N) is 1. The van der Waals surface area contributed by atoms with Crippen LogP contribution in [0.4, 0.5) is 11.4 Å². The molecule has 0 radical (unpaired) electrons. The summed E-state index contributed by atoms with van der Waals surface area (Å²) in [6.45, 7) is 7.20. The molecule has 21 heavy (non-hydrogen) atoms. The topological polar surface area (TPSA) is 65.3 Å². The van der Waals surface area contributed by atoms with Crippen molar-refractivity contribution in [2.45, 2.75) is 13.3 Å². The van der Waals surface area contributed by atoms with Crippen molar-refractivity contribution in [3.8, 4) is 0 Å². The van der Waals surface area contributed by atoms with Crippen molar-refractivity contribution in [2.75, 3.05) is 50.8 Å². The first-order valence-electron chi connectivity index (χ1n) is 7.43. The molecule has 1 aromatic carbocycles. The summed E-state index contributed by atoms with van der Waals surface area (Å²) in [7, 11) is 1.98. The van der Waals surface area contributed by atoms with Crippen LogP contribution in [-0.4, -0.2) is 49.8 Å². The van der Waals surface area contributed by atoms with Crippen molar-refractivity contribution in [1.29, 1.82) is 0 Å². The molecule has 6 heteroatoms. The number of anilines is 2. The van der Waals surface area contributed by atoms with Crippen molar-refractivity contribution in [2.24, 2.45) is 0 Å². The van der Waals surface area contributed by atoms with Gasteiger partial charge in [0.05, 0.1) is 0 Å². The second-order valence-corrected chi connectivity index (χ2v) is 5.36. The van der Waals surface area contributed by atoms with E-state index in [2.05, 4.69) is 27.8 Å². The van der Waals surface area contributed by atoms with Gasteiger partial charge < -0.3 is 26.6 Å². The first kappa shape index (κ1) is 17.7. The molecule has 5 nitrogen and oxygen atoms in total. The number of nitrogens with one attached hydrogen (secondary N) is 3. The van der Waals surface area contributed by atoms with E-state index >= 15 is 0 Å². The zero-order valence-electron chi connectivity index (χ0n) is 13.0. The lowest BCUT2D eigenvalue weighted by Gasteiger charge is -2.22. The number of nitrogen functional groups attached to an aromatic ring is 1. The van der Waals surface area contributed by atoms with Crippen molar-refractivity contribution in [1.82, 2.24) is 15.5 Å². The lowest BCUT2D eigenvalue weighted by Crippen LogP contribution is -2.39. The van der Waals surface area contributed by atoms with Crippen LogP contribution in [0, 0.1) is 0 Å². The molecule has 0 heterocycles. The molecule has 0 amide bonds. The highest BCUT2D eigenvalue weighted by atomic mass is 32.1. The normalized spacial score (nSPS) is 10.6. The van der Waals surface area contributed by atoms with Gasteiger partial charge in [-0.2, -0.15) is 0 Å². The SMILES string of the molecule is CCCN(CCNC)CCNC(=S)Nc1ccc(N)cc1. The van der Waals surface area contributed by atoms with E-state index in [1.807, 2.05) is 31.3 Å². The maximum Gasteiger partial charge on any atom is 0.170 e. The van der Waals surface area contributed by atoms with Crippen LogP contribution in [0.5, 0.6) is 0 Å². The lowest BCUT2D eigenvalue weighted by molar-refractivity contribution is 0.280. The van der Waals surface area contributed by atoms with Crippen LogP contribution in [0.15, 0.2) is 24.3 Å². The molecule has 0 spiro atoms. The van der Waals surface area contributed by atoms with E-state index in [0.717, 1.165) is 50.5 Å². The molecule has 1 aromatic rings. The third-order valence-corrected chi connectivity index (χ3v) is 3.35. The Morgan fingerprint density at radius 3 is 2.43 bits per heavy atom. The second kappa shape index (κ2) is 10.4. The molecule has 0 bridgehead atoms. The Bertz CT molecular complexity index is 407. The Morgan fingerprint density at radius 1 is 1.14 bits per heavy atom. The molecule has 0 unspecified atom stereocenters. The minimum Gasteiger partial charge on any atom is -0.399 e. The number of benzene rings is 1. The molecule has 0 aromatic heterocycles. The summed E-state index contributed by atoms with van der Waals surface area (Å²) in [5, 5.41) is 10.2. The van der Waals surface area contributed by atoms with Gasteiger partial charge in [-0.25, -0.2) is 0 Å². The standard InChI is InChI=1S/C15H27N5S/c1-3-10-20(11-8-17-2)12-9-18-15(21)19-14-6-4-13(16)5-7-14/h4-7,17H,3,8-12,16H2,1-2H3,(H2,18,19,21). The van der Waals surface area contributed by atoms with E-state index in [0.29, 0.717) is 5.11 Å². The van der Waals surface area contributed by atoms with Gasteiger partial charge in [0.15, 0.2) is 5.11 Å². The maximum atomic E-state index is 5.65. The molecule has 118 valence electrons. The number of hydrogen-bond donors (Lipinski definition) is 4. The average Bonchev–Trinajstić information content (AvgIpc) is 2.47. The van der Waals surface area contributed by atoms with Crippen LogP contribution in [0.25, 0.3) is 0 Å².